The fraction of sp³-hybridized carbons (Fsp3) is 0.846. The molecule has 0 rings (SSSR count). The second-order valence-electron chi connectivity index (χ2n) is 4.31. The second-order valence-corrected chi connectivity index (χ2v) is 4.31. The summed E-state index contributed by atoms with van der Waals surface area (Å²) in [6.45, 7) is 6.12. The third kappa shape index (κ3) is 8.13. The van der Waals surface area contributed by atoms with Crippen LogP contribution < -0.4 is 5.73 Å². The molecule has 0 aromatic heterocycles. The summed E-state index contributed by atoms with van der Waals surface area (Å²) in [5, 5.41) is 0. The molecule has 0 spiro atoms. The highest BCUT2D eigenvalue weighted by Crippen LogP contribution is 2.12. The fourth-order valence-corrected chi connectivity index (χ4v) is 1.62. The normalized spacial score (nSPS) is 14.3. The number of nitrogens with two attached hydrogens (primary N) is 1. The van der Waals surface area contributed by atoms with Gasteiger partial charge >= 0.3 is 0 Å². The Bertz CT molecular complexity index is 183. The monoisotopic (exact) mass is 195 g/mol. The van der Waals surface area contributed by atoms with Crippen LogP contribution in [-0.2, 0) is 0 Å². The van der Waals surface area contributed by atoms with E-state index < -0.39 is 0 Å². The molecule has 0 amide bonds. The SMILES string of the molecule is CC#CC(C)(N)CCCCCCCC. The molecule has 14 heavy (non-hydrogen) atoms. The maximum absolute atomic E-state index is 5.99. The zero-order chi connectivity index (χ0) is 10.9. The van der Waals surface area contributed by atoms with Crippen LogP contribution in [0.15, 0.2) is 0 Å². The van der Waals surface area contributed by atoms with E-state index in [2.05, 4.69) is 18.8 Å². The van der Waals surface area contributed by atoms with Crippen molar-refractivity contribution in [3.63, 3.8) is 0 Å². The molecule has 0 aromatic carbocycles. The van der Waals surface area contributed by atoms with Gasteiger partial charge in [-0.15, -0.1) is 5.92 Å². The van der Waals surface area contributed by atoms with E-state index in [0.717, 1.165) is 6.42 Å². The van der Waals surface area contributed by atoms with Gasteiger partial charge in [0.25, 0.3) is 0 Å². The lowest BCUT2D eigenvalue weighted by atomic mass is 9.96. The largest absolute Gasteiger partial charge is 0.315 e. The van der Waals surface area contributed by atoms with E-state index in [1.165, 1.54) is 38.5 Å². The highest BCUT2D eigenvalue weighted by atomic mass is 14.7. The number of hydrogen-bond acceptors (Lipinski definition) is 1. The summed E-state index contributed by atoms with van der Waals surface area (Å²) in [7, 11) is 0. The minimum absolute atomic E-state index is 0.264. The van der Waals surface area contributed by atoms with Crippen LogP contribution in [0.5, 0.6) is 0 Å². The van der Waals surface area contributed by atoms with Crippen molar-refractivity contribution in [2.24, 2.45) is 5.73 Å². The van der Waals surface area contributed by atoms with E-state index in [4.69, 9.17) is 5.73 Å². The molecule has 0 bridgehead atoms. The summed E-state index contributed by atoms with van der Waals surface area (Å²) in [6, 6.07) is 0. The van der Waals surface area contributed by atoms with Crippen molar-refractivity contribution in [3.05, 3.63) is 0 Å². The van der Waals surface area contributed by atoms with E-state index >= 15 is 0 Å². The summed E-state index contributed by atoms with van der Waals surface area (Å²) in [6.07, 6.45) is 8.95. The van der Waals surface area contributed by atoms with E-state index in [0.29, 0.717) is 0 Å². The maximum atomic E-state index is 5.99. The van der Waals surface area contributed by atoms with Gasteiger partial charge in [-0.05, 0) is 20.3 Å². The number of hydrogen-bond donors (Lipinski definition) is 1. The van der Waals surface area contributed by atoms with E-state index in [1.54, 1.807) is 0 Å². The first-order valence-electron chi connectivity index (χ1n) is 5.85. The standard InChI is InChI=1S/C13H25N/c1-4-6-7-8-9-10-12-13(3,14)11-5-2/h4,6-10,12,14H2,1-3H3. The van der Waals surface area contributed by atoms with Gasteiger partial charge in [-0.3, -0.25) is 0 Å². The van der Waals surface area contributed by atoms with E-state index in [1.807, 2.05) is 13.8 Å². The zero-order valence-electron chi connectivity index (χ0n) is 10.0. The molecule has 0 fully saturated rings. The third-order valence-corrected chi connectivity index (χ3v) is 2.46. The molecule has 1 atom stereocenters. The van der Waals surface area contributed by atoms with Crippen LogP contribution in [0, 0.1) is 11.8 Å². The molecule has 2 N–H and O–H groups in total. The molecule has 0 aliphatic heterocycles. The highest BCUT2D eigenvalue weighted by Gasteiger charge is 2.13. The summed E-state index contributed by atoms with van der Waals surface area (Å²) in [5.74, 6) is 5.95. The molecular weight excluding hydrogens is 170 g/mol. The molecule has 82 valence electrons. The van der Waals surface area contributed by atoms with Gasteiger partial charge in [0.05, 0.1) is 5.54 Å². The maximum Gasteiger partial charge on any atom is 0.0747 e. The molecule has 0 aliphatic rings. The summed E-state index contributed by atoms with van der Waals surface area (Å²) in [4.78, 5) is 0. The Hall–Kier alpha value is -0.480. The van der Waals surface area contributed by atoms with Crippen molar-refractivity contribution in [1.82, 2.24) is 0 Å². The van der Waals surface area contributed by atoms with Crippen molar-refractivity contribution >= 4 is 0 Å². The minimum atomic E-state index is -0.264. The van der Waals surface area contributed by atoms with Crippen molar-refractivity contribution in [1.29, 1.82) is 0 Å². The average Bonchev–Trinajstić information content (AvgIpc) is 2.11. The van der Waals surface area contributed by atoms with Gasteiger partial charge < -0.3 is 5.73 Å². The second kappa shape index (κ2) is 7.88. The first-order chi connectivity index (χ1) is 6.62. The van der Waals surface area contributed by atoms with Crippen LogP contribution in [0.3, 0.4) is 0 Å². The summed E-state index contributed by atoms with van der Waals surface area (Å²) in [5.41, 5.74) is 5.73. The molecule has 1 nitrogen and oxygen atoms in total. The molecule has 0 saturated heterocycles. The van der Waals surface area contributed by atoms with E-state index in [9.17, 15) is 0 Å². The van der Waals surface area contributed by atoms with Gasteiger partial charge in [0.2, 0.25) is 0 Å². The molecule has 0 aromatic rings. The van der Waals surface area contributed by atoms with Gasteiger partial charge in [-0.1, -0.05) is 51.4 Å². The predicted molar refractivity (Wildman–Crippen MR) is 64.0 cm³/mol. The Kier molecular flexibility index (Phi) is 7.61. The molecule has 0 radical (unpaired) electrons. The topological polar surface area (TPSA) is 26.0 Å². The molecule has 0 heterocycles. The first-order valence-corrected chi connectivity index (χ1v) is 5.85. The fourth-order valence-electron chi connectivity index (χ4n) is 1.62. The molecular formula is C13H25N. The lowest BCUT2D eigenvalue weighted by Gasteiger charge is -2.16. The molecule has 1 heteroatoms. The summed E-state index contributed by atoms with van der Waals surface area (Å²) < 4.78 is 0. The number of unbranched alkanes of at least 4 members (excludes halogenated alkanes) is 5. The van der Waals surface area contributed by atoms with Crippen molar-refractivity contribution < 1.29 is 0 Å². The minimum Gasteiger partial charge on any atom is -0.315 e. The van der Waals surface area contributed by atoms with Gasteiger partial charge in [-0.25, -0.2) is 0 Å². The van der Waals surface area contributed by atoms with Crippen LogP contribution in [0.25, 0.3) is 0 Å². The smallest absolute Gasteiger partial charge is 0.0747 e. The summed E-state index contributed by atoms with van der Waals surface area (Å²) >= 11 is 0. The Morgan fingerprint density at radius 3 is 2.21 bits per heavy atom. The van der Waals surface area contributed by atoms with Crippen LogP contribution in [-0.4, -0.2) is 5.54 Å². The third-order valence-electron chi connectivity index (χ3n) is 2.46. The Labute approximate surface area is 89.5 Å². The van der Waals surface area contributed by atoms with Crippen LogP contribution >= 0.6 is 0 Å². The Balaban J connectivity index is 3.38. The van der Waals surface area contributed by atoms with Crippen molar-refractivity contribution in [3.8, 4) is 11.8 Å². The van der Waals surface area contributed by atoms with Gasteiger partial charge in [-0.2, -0.15) is 0 Å². The quantitative estimate of drug-likeness (QED) is 0.488. The predicted octanol–water partition coefficient (Wildman–Crippen LogP) is 3.48. The van der Waals surface area contributed by atoms with Crippen molar-refractivity contribution in [2.75, 3.05) is 0 Å². The van der Waals surface area contributed by atoms with Gasteiger partial charge in [0.1, 0.15) is 0 Å². The molecule has 1 unspecified atom stereocenters. The van der Waals surface area contributed by atoms with Crippen LogP contribution in [0.4, 0.5) is 0 Å². The Morgan fingerprint density at radius 1 is 1.07 bits per heavy atom. The zero-order valence-corrected chi connectivity index (χ0v) is 10.0. The van der Waals surface area contributed by atoms with Gasteiger partial charge in [0, 0.05) is 0 Å². The molecule has 0 saturated carbocycles. The average molecular weight is 195 g/mol. The first kappa shape index (κ1) is 13.5. The van der Waals surface area contributed by atoms with E-state index in [-0.39, 0.29) is 5.54 Å². The molecule has 0 aliphatic carbocycles. The highest BCUT2D eigenvalue weighted by molar-refractivity contribution is 5.12. The van der Waals surface area contributed by atoms with Crippen LogP contribution in [0.2, 0.25) is 0 Å². The lowest BCUT2D eigenvalue weighted by Crippen LogP contribution is -2.33. The Morgan fingerprint density at radius 2 is 1.64 bits per heavy atom. The van der Waals surface area contributed by atoms with Gasteiger partial charge in [0.15, 0.2) is 0 Å². The van der Waals surface area contributed by atoms with Crippen molar-refractivity contribution in [2.45, 2.75) is 71.3 Å². The lowest BCUT2D eigenvalue weighted by molar-refractivity contribution is 0.496. The number of rotatable bonds is 7. The van der Waals surface area contributed by atoms with Crippen LogP contribution in [0.1, 0.15) is 65.7 Å².